The lowest BCUT2D eigenvalue weighted by Crippen LogP contribution is -2.14. The van der Waals surface area contributed by atoms with Gasteiger partial charge in [-0.1, -0.05) is 15.9 Å². The number of fused-ring (bicyclic) bond motifs is 1. The first-order valence-electron chi connectivity index (χ1n) is 6.33. The Morgan fingerprint density at radius 1 is 1.29 bits per heavy atom. The Balaban J connectivity index is 1.92. The fourth-order valence-corrected chi connectivity index (χ4v) is 2.51. The molecule has 21 heavy (non-hydrogen) atoms. The summed E-state index contributed by atoms with van der Waals surface area (Å²) in [6.07, 6.45) is 1.78. The van der Waals surface area contributed by atoms with Gasteiger partial charge in [-0.2, -0.15) is 5.10 Å². The van der Waals surface area contributed by atoms with Gasteiger partial charge in [0.2, 0.25) is 0 Å². The highest BCUT2D eigenvalue weighted by Gasteiger charge is 2.11. The van der Waals surface area contributed by atoms with E-state index in [4.69, 9.17) is 5.73 Å². The molecule has 0 fully saturated rings. The Morgan fingerprint density at radius 3 is 2.90 bits per heavy atom. The van der Waals surface area contributed by atoms with Gasteiger partial charge in [-0.25, -0.2) is 0 Å². The van der Waals surface area contributed by atoms with Crippen molar-refractivity contribution in [3.63, 3.8) is 0 Å². The highest BCUT2D eigenvalue weighted by atomic mass is 79.9. The van der Waals surface area contributed by atoms with E-state index in [9.17, 15) is 4.79 Å². The number of benzene rings is 2. The molecular weight excluding hydrogens is 332 g/mol. The Bertz CT molecular complexity index is 841. The maximum Gasteiger partial charge on any atom is 0.257 e. The van der Waals surface area contributed by atoms with E-state index in [1.807, 2.05) is 25.2 Å². The monoisotopic (exact) mass is 344 g/mol. The number of hydrogen-bond donors (Lipinski definition) is 2. The normalized spacial score (nSPS) is 10.8. The van der Waals surface area contributed by atoms with E-state index in [0.29, 0.717) is 16.9 Å². The number of carbonyl (C=O) groups is 1. The predicted molar refractivity (Wildman–Crippen MR) is 87.2 cm³/mol. The minimum atomic E-state index is -0.240. The van der Waals surface area contributed by atoms with Crippen LogP contribution >= 0.6 is 15.9 Å². The number of carbonyl (C=O) groups excluding carboxylic acids is 1. The van der Waals surface area contributed by atoms with Crippen LogP contribution in [0.15, 0.2) is 47.1 Å². The Hall–Kier alpha value is -2.34. The first-order valence-corrected chi connectivity index (χ1v) is 7.12. The van der Waals surface area contributed by atoms with Crippen molar-refractivity contribution in [1.29, 1.82) is 0 Å². The Labute approximate surface area is 129 Å². The molecule has 3 rings (SSSR count). The Kier molecular flexibility index (Phi) is 3.39. The van der Waals surface area contributed by atoms with E-state index in [0.717, 1.165) is 15.4 Å². The van der Waals surface area contributed by atoms with Gasteiger partial charge in [0.25, 0.3) is 5.91 Å². The van der Waals surface area contributed by atoms with Gasteiger partial charge in [-0.3, -0.25) is 9.48 Å². The van der Waals surface area contributed by atoms with Gasteiger partial charge in [0.1, 0.15) is 0 Å². The fourth-order valence-electron chi connectivity index (χ4n) is 2.15. The third-order valence-corrected chi connectivity index (χ3v) is 3.76. The molecular formula is C15H13BrN4O. The van der Waals surface area contributed by atoms with Gasteiger partial charge >= 0.3 is 0 Å². The lowest BCUT2D eigenvalue weighted by atomic mass is 10.1. The largest absolute Gasteiger partial charge is 0.398 e. The van der Waals surface area contributed by atoms with Crippen molar-refractivity contribution in [3.05, 3.63) is 52.6 Å². The van der Waals surface area contributed by atoms with Crippen LogP contribution < -0.4 is 11.1 Å². The van der Waals surface area contributed by atoms with Crippen molar-refractivity contribution in [2.24, 2.45) is 7.05 Å². The van der Waals surface area contributed by atoms with Crippen LogP contribution in [0, 0.1) is 0 Å². The smallest absolute Gasteiger partial charge is 0.257 e. The van der Waals surface area contributed by atoms with Crippen molar-refractivity contribution in [1.82, 2.24) is 9.78 Å². The highest BCUT2D eigenvalue weighted by Crippen LogP contribution is 2.22. The molecule has 0 radical (unpaired) electrons. The number of anilines is 2. The second-order valence-electron chi connectivity index (χ2n) is 4.73. The molecule has 5 nitrogen and oxygen atoms in total. The van der Waals surface area contributed by atoms with Crippen LogP contribution in [0.4, 0.5) is 11.4 Å². The first kappa shape index (κ1) is 13.6. The number of nitrogen functional groups attached to an aromatic ring is 1. The van der Waals surface area contributed by atoms with Crippen molar-refractivity contribution >= 4 is 44.1 Å². The topological polar surface area (TPSA) is 72.9 Å². The summed E-state index contributed by atoms with van der Waals surface area (Å²) < 4.78 is 2.57. The first-order chi connectivity index (χ1) is 10.0. The van der Waals surface area contributed by atoms with Gasteiger partial charge in [0.05, 0.1) is 17.3 Å². The number of nitrogens with zero attached hydrogens (tertiary/aromatic N) is 2. The summed E-state index contributed by atoms with van der Waals surface area (Å²) in [5.74, 6) is -0.240. The summed E-state index contributed by atoms with van der Waals surface area (Å²) >= 11 is 3.34. The van der Waals surface area contributed by atoms with Crippen molar-refractivity contribution < 1.29 is 4.79 Å². The number of nitrogens with one attached hydrogen (secondary N) is 1. The molecule has 0 aliphatic rings. The lowest BCUT2D eigenvalue weighted by molar-refractivity contribution is 0.102. The number of amides is 1. The molecule has 3 aromatic rings. The molecule has 1 amide bonds. The van der Waals surface area contributed by atoms with Gasteiger partial charge < -0.3 is 11.1 Å². The average molecular weight is 345 g/mol. The summed E-state index contributed by atoms with van der Waals surface area (Å²) in [7, 11) is 1.86. The molecule has 3 N–H and O–H groups in total. The second kappa shape index (κ2) is 5.21. The Morgan fingerprint density at radius 2 is 2.10 bits per heavy atom. The van der Waals surface area contributed by atoms with E-state index >= 15 is 0 Å². The van der Waals surface area contributed by atoms with Crippen molar-refractivity contribution in [2.45, 2.75) is 0 Å². The summed E-state index contributed by atoms with van der Waals surface area (Å²) in [5.41, 5.74) is 8.39. The third kappa shape index (κ3) is 2.62. The third-order valence-electron chi connectivity index (χ3n) is 3.27. The quantitative estimate of drug-likeness (QED) is 0.701. The van der Waals surface area contributed by atoms with Crippen molar-refractivity contribution in [2.75, 3.05) is 11.1 Å². The molecule has 1 heterocycles. The van der Waals surface area contributed by atoms with Crippen LogP contribution in [0.5, 0.6) is 0 Å². The summed E-state index contributed by atoms with van der Waals surface area (Å²) in [6.45, 7) is 0. The highest BCUT2D eigenvalue weighted by molar-refractivity contribution is 9.10. The number of aromatic nitrogens is 2. The maximum absolute atomic E-state index is 12.3. The molecule has 0 aliphatic carbocycles. The second-order valence-corrected chi connectivity index (χ2v) is 5.64. The molecule has 0 unspecified atom stereocenters. The molecule has 1 aromatic heterocycles. The number of nitrogens with two attached hydrogens (primary N) is 1. The zero-order valence-electron chi connectivity index (χ0n) is 11.3. The molecule has 0 atom stereocenters. The molecule has 0 aliphatic heterocycles. The van der Waals surface area contributed by atoms with E-state index in [-0.39, 0.29) is 5.91 Å². The number of halogens is 1. The van der Waals surface area contributed by atoms with Crippen LogP contribution in [0.25, 0.3) is 10.9 Å². The number of hydrogen-bond acceptors (Lipinski definition) is 3. The summed E-state index contributed by atoms with van der Waals surface area (Å²) in [4.78, 5) is 12.3. The SMILES string of the molecule is Cn1ncc2ccc(NC(=O)c3cc(Br)ccc3N)cc21. The fraction of sp³-hybridized carbons (Fsp3) is 0.0667. The van der Waals surface area contributed by atoms with Crippen LogP contribution in [0.3, 0.4) is 0 Å². The van der Waals surface area contributed by atoms with E-state index in [1.54, 1.807) is 29.1 Å². The minimum Gasteiger partial charge on any atom is -0.398 e. The number of rotatable bonds is 2. The molecule has 0 bridgehead atoms. The molecule has 0 saturated heterocycles. The van der Waals surface area contributed by atoms with Gasteiger partial charge in [-0.05, 0) is 36.4 Å². The zero-order chi connectivity index (χ0) is 15.0. The number of aryl methyl sites for hydroxylation is 1. The zero-order valence-corrected chi connectivity index (χ0v) is 12.9. The van der Waals surface area contributed by atoms with Crippen LogP contribution in [-0.2, 0) is 7.05 Å². The molecule has 6 heteroatoms. The van der Waals surface area contributed by atoms with Crippen LogP contribution in [0.1, 0.15) is 10.4 Å². The van der Waals surface area contributed by atoms with Gasteiger partial charge in [-0.15, -0.1) is 0 Å². The van der Waals surface area contributed by atoms with E-state index in [2.05, 4.69) is 26.3 Å². The van der Waals surface area contributed by atoms with Crippen LogP contribution in [-0.4, -0.2) is 15.7 Å². The predicted octanol–water partition coefficient (Wildman–Crippen LogP) is 3.17. The van der Waals surface area contributed by atoms with Crippen molar-refractivity contribution in [3.8, 4) is 0 Å². The minimum absolute atomic E-state index is 0.240. The van der Waals surface area contributed by atoms with E-state index in [1.165, 1.54) is 0 Å². The molecule has 2 aromatic carbocycles. The van der Waals surface area contributed by atoms with Crippen LogP contribution in [0.2, 0.25) is 0 Å². The van der Waals surface area contributed by atoms with E-state index < -0.39 is 0 Å². The molecule has 0 spiro atoms. The molecule has 106 valence electrons. The van der Waals surface area contributed by atoms with Gasteiger partial charge in [0, 0.05) is 28.3 Å². The maximum atomic E-state index is 12.3. The standard InChI is InChI=1S/C15H13BrN4O/c1-20-14-7-11(4-2-9(14)8-18-20)19-15(21)12-6-10(16)3-5-13(12)17/h2-8H,17H2,1H3,(H,19,21). The molecule has 0 saturated carbocycles. The summed E-state index contributed by atoms with van der Waals surface area (Å²) in [6, 6.07) is 10.8. The van der Waals surface area contributed by atoms with Gasteiger partial charge in [0.15, 0.2) is 0 Å². The average Bonchev–Trinajstić information content (AvgIpc) is 2.83. The lowest BCUT2D eigenvalue weighted by Gasteiger charge is -2.08. The summed E-state index contributed by atoms with van der Waals surface area (Å²) in [5, 5.41) is 8.06.